The van der Waals surface area contributed by atoms with E-state index in [0.717, 1.165) is 37.4 Å². The summed E-state index contributed by atoms with van der Waals surface area (Å²) in [4.78, 5) is 2.28. The minimum atomic E-state index is -2.91. The van der Waals surface area contributed by atoms with Crippen LogP contribution >= 0.6 is 0 Å². The van der Waals surface area contributed by atoms with Crippen LogP contribution in [0.15, 0.2) is 24.3 Å². The van der Waals surface area contributed by atoms with Gasteiger partial charge in [0.1, 0.15) is 15.6 Å². The Morgan fingerprint density at radius 1 is 1.43 bits per heavy atom. The van der Waals surface area contributed by atoms with Crippen molar-refractivity contribution in [3.05, 3.63) is 24.3 Å². The molecule has 1 unspecified atom stereocenters. The SMILES string of the molecule is CS(=O)(=O)CCCOc1cccc(N2CCCC(N)C2)c1. The summed E-state index contributed by atoms with van der Waals surface area (Å²) >= 11 is 0. The molecule has 1 aromatic carbocycles. The topological polar surface area (TPSA) is 72.6 Å². The van der Waals surface area contributed by atoms with Crippen LogP contribution in [0.1, 0.15) is 19.3 Å². The molecule has 0 amide bonds. The van der Waals surface area contributed by atoms with E-state index >= 15 is 0 Å². The van der Waals surface area contributed by atoms with Crippen LogP contribution in [0.3, 0.4) is 0 Å². The third-order valence-electron chi connectivity index (χ3n) is 3.57. The first-order chi connectivity index (χ1) is 9.94. The summed E-state index contributed by atoms with van der Waals surface area (Å²) in [6, 6.07) is 8.15. The summed E-state index contributed by atoms with van der Waals surface area (Å²) in [5.74, 6) is 0.938. The van der Waals surface area contributed by atoms with Crippen molar-refractivity contribution in [2.24, 2.45) is 5.73 Å². The summed E-state index contributed by atoms with van der Waals surface area (Å²) in [6.07, 6.45) is 3.95. The second-order valence-corrected chi connectivity index (χ2v) is 7.94. The lowest BCUT2D eigenvalue weighted by atomic mass is 10.1. The number of hydrogen-bond acceptors (Lipinski definition) is 5. The maximum Gasteiger partial charge on any atom is 0.147 e. The lowest BCUT2D eigenvalue weighted by Gasteiger charge is -2.32. The number of hydrogen-bond donors (Lipinski definition) is 1. The van der Waals surface area contributed by atoms with Crippen molar-refractivity contribution in [3.8, 4) is 5.75 Å². The quantitative estimate of drug-likeness (QED) is 0.805. The van der Waals surface area contributed by atoms with E-state index in [4.69, 9.17) is 10.5 Å². The molecule has 1 fully saturated rings. The van der Waals surface area contributed by atoms with Crippen LogP contribution in [0, 0.1) is 0 Å². The van der Waals surface area contributed by atoms with Crippen molar-refractivity contribution in [1.82, 2.24) is 0 Å². The van der Waals surface area contributed by atoms with E-state index in [-0.39, 0.29) is 11.8 Å². The number of sulfone groups is 1. The van der Waals surface area contributed by atoms with Gasteiger partial charge < -0.3 is 15.4 Å². The summed E-state index contributed by atoms with van der Waals surface area (Å²) in [5, 5.41) is 0. The Morgan fingerprint density at radius 2 is 2.24 bits per heavy atom. The molecule has 0 radical (unpaired) electrons. The van der Waals surface area contributed by atoms with Crippen LogP contribution in [0.5, 0.6) is 5.75 Å². The van der Waals surface area contributed by atoms with Gasteiger partial charge in [0.25, 0.3) is 0 Å². The van der Waals surface area contributed by atoms with Crippen molar-refractivity contribution >= 4 is 15.5 Å². The molecule has 0 spiro atoms. The van der Waals surface area contributed by atoms with E-state index in [1.165, 1.54) is 6.26 Å². The Morgan fingerprint density at radius 3 is 2.95 bits per heavy atom. The van der Waals surface area contributed by atoms with Crippen LogP contribution in [-0.4, -0.2) is 46.2 Å². The number of nitrogens with zero attached hydrogens (tertiary/aromatic N) is 1. The molecule has 0 aromatic heterocycles. The van der Waals surface area contributed by atoms with Gasteiger partial charge in [-0.25, -0.2) is 8.42 Å². The highest BCUT2D eigenvalue weighted by molar-refractivity contribution is 7.90. The van der Waals surface area contributed by atoms with Crippen molar-refractivity contribution in [1.29, 1.82) is 0 Å². The second kappa shape index (κ2) is 7.13. The first-order valence-electron chi connectivity index (χ1n) is 7.35. The van der Waals surface area contributed by atoms with Crippen molar-refractivity contribution in [2.45, 2.75) is 25.3 Å². The predicted molar refractivity (Wildman–Crippen MR) is 85.7 cm³/mol. The van der Waals surface area contributed by atoms with Gasteiger partial charge in [-0.05, 0) is 31.4 Å². The fourth-order valence-corrected chi connectivity index (χ4v) is 3.17. The number of nitrogens with two attached hydrogens (primary N) is 1. The zero-order valence-corrected chi connectivity index (χ0v) is 13.3. The minimum absolute atomic E-state index is 0.160. The first kappa shape index (κ1) is 16.1. The highest BCUT2D eigenvalue weighted by atomic mass is 32.2. The number of rotatable bonds is 6. The predicted octanol–water partition coefficient (Wildman–Crippen LogP) is 1.43. The molecule has 2 rings (SSSR count). The minimum Gasteiger partial charge on any atom is -0.493 e. The van der Waals surface area contributed by atoms with Crippen LogP contribution < -0.4 is 15.4 Å². The third kappa shape index (κ3) is 5.55. The molecule has 1 saturated heterocycles. The standard InChI is InChI=1S/C15H24N2O3S/c1-21(18,19)10-4-9-20-15-7-2-6-14(11-15)17-8-3-5-13(16)12-17/h2,6-7,11,13H,3-5,8-10,12,16H2,1H3. The summed E-state index contributed by atoms with van der Waals surface area (Å²) in [5.41, 5.74) is 7.13. The van der Waals surface area contributed by atoms with Crippen molar-refractivity contribution < 1.29 is 13.2 Å². The number of benzene rings is 1. The average Bonchev–Trinajstić information content (AvgIpc) is 2.43. The lowest BCUT2D eigenvalue weighted by Crippen LogP contribution is -2.42. The van der Waals surface area contributed by atoms with Gasteiger partial charge in [0, 0.05) is 37.1 Å². The third-order valence-corrected chi connectivity index (χ3v) is 4.60. The highest BCUT2D eigenvalue weighted by Gasteiger charge is 2.17. The maximum atomic E-state index is 11.1. The Balaban J connectivity index is 1.88. The molecule has 1 aliphatic rings. The van der Waals surface area contributed by atoms with E-state index < -0.39 is 9.84 Å². The largest absolute Gasteiger partial charge is 0.493 e. The van der Waals surface area contributed by atoms with E-state index in [0.29, 0.717) is 13.0 Å². The van der Waals surface area contributed by atoms with Gasteiger partial charge in [-0.2, -0.15) is 0 Å². The molecule has 1 aliphatic heterocycles. The highest BCUT2D eigenvalue weighted by Crippen LogP contribution is 2.24. The van der Waals surface area contributed by atoms with Crippen LogP contribution in [0.25, 0.3) is 0 Å². The van der Waals surface area contributed by atoms with Gasteiger partial charge in [-0.1, -0.05) is 6.07 Å². The smallest absolute Gasteiger partial charge is 0.147 e. The molecule has 5 nitrogen and oxygen atoms in total. The molecular formula is C15H24N2O3S. The Bertz CT molecular complexity index is 560. The van der Waals surface area contributed by atoms with E-state index in [1.54, 1.807) is 0 Å². The zero-order valence-electron chi connectivity index (χ0n) is 12.5. The summed E-state index contributed by atoms with van der Waals surface area (Å²) in [6.45, 7) is 2.30. The fourth-order valence-electron chi connectivity index (χ4n) is 2.53. The average molecular weight is 312 g/mol. The van der Waals surface area contributed by atoms with Gasteiger partial charge in [0.2, 0.25) is 0 Å². The van der Waals surface area contributed by atoms with E-state index in [1.807, 2.05) is 18.2 Å². The molecule has 1 aromatic rings. The molecule has 0 bridgehead atoms. The van der Waals surface area contributed by atoms with Crippen LogP contribution in [0.2, 0.25) is 0 Å². The van der Waals surface area contributed by atoms with E-state index in [9.17, 15) is 8.42 Å². The van der Waals surface area contributed by atoms with Crippen LogP contribution in [0.4, 0.5) is 5.69 Å². The maximum absolute atomic E-state index is 11.1. The normalized spacial score (nSPS) is 19.5. The lowest BCUT2D eigenvalue weighted by molar-refractivity contribution is 0.317. The second-order valence-electron chi connectivity index (χ2n) is 5.68. The van der Waals surface area contributed by atoms with Gasteiger partial charge in [-0.3, -0.25) is 0 Å². The van der Waals surface area contributed by atoms with Crippen molar-refractivity contribution in [2.75, 3.05) is 36.6 Å². The van der Waals surface area contributed by atoms with Gasteiger partial charge in [0.05, 0.1) is 12.4 Å². The molecule has 0 aliphatic carbocycles. The summed E-state index contributed by atoms with van der Waals surface area (Å²) in [7, 11) is -2.91. The molecular weight excluding hydrogens is 288 g/mol. The molecule has 2 N–H and O–H groups in total. The Labute approximate surface area is 127 Å². The monoisotopic (exact) mass is 312 g/mol. The van der Waals surface area contributed by atoms with Crippen molar-refractivity contribution in [3.63, 3.8) is 0 Å². The Kier molecular flexibility index (Phi) is 5.47. The van der Waals surface area contributed by atoms with Gasteiger partial charge in [-0.15, -0.1) is 0 Å². The summed E-state index contributed by atoms with van der Waals surface area (Å²) < 4.78 is 27.8. The van der Waals surface area contributed by atoms with E-state index in [2.05, 4.69) is 11.0 Å². The van der Waals surface area contributed by atoms with Crippen LogP contribution in [-0.2, 0) is 9.84 Å². The number of ether oxygens (including phenoxy) is 1. The fraction of sp³-hybridized carbons (Fsp3) is 0.600. The molecule has 0 saturated carbocycles. The molecule has 21 heavy (non-hydrogen) atoms. The number of piperidine rings is 1. The number of anilines is 1. The van der Waals surface area contributed by atoms with Gasteiger partial charge >= 0.3 is 0 Å². The Hall–Kier alpha value is -1.27. The molecule has 1 heterocycles. The molecule has 1 atom stereocenters. The zero-order chi connectivity index (χ0) is 15.3. The molecule has 118 valence electrons. The van der Waals surface area contributed by atoms with Gasteiger partial charge in [0.15, 0.2) is 0 Å². The first-order valence-corrected chi connectivity index (χ1v) is 9.41. The molecule has 6 heteroatoms.